The van der Waals surface area contributed by atoms with Crippen LogP contribution in [0.4, 0.5) is 14.5 Å². The number of halogens is 3. The molecular weight excluding hydrogens is 328 g/mol. The summed E-state index contributed by atoms with van der Waals surface area (Å²) < 4.78 is 29.5. The number of hydrogen-bond acceptors (Lipinski definition) is 2. The third-order valence-electron chi connectivity index (χ3n) is 3.16. The molecule has 1 unspecified atom stereocenters. The van der Waals surface area contributed by atoms with E-state index in [9.17, 15) is 8.78 Å². The van der Waals surface area contributed by atoms with Crippen LogP contribution in [0.3, 0.4) is 0 Å². The van der Waals surface area contributed by atoms with Crippen molar-refractivity contribution in [1.29, 1.82) is 0 Å². The summed E-state index contributed by atoms with van der Waals surface area (Å²) in [6, 6.07) is 4.60. The van der Waals surface area contributed by atoms with E-state index in [0.29, 0.717) is 10.5 Å². The summed E-state index contributed by atoms with van der Waals surface area (Å²) in [7, 11) is 0. The summed E-state index contributed by atoms with van der Waals surface area (Å²) in [5.74, 6) is -1.25. The molecule has 2 aromatic rings. The van der Waals surface area contributed by atoms with Gasteiger partial charge in [0.1, 0.15) is 17.3 Å². The van der Waals surface area contributed by atoms with Gasteiger partial charge in [-0.05, 0) is 31.5 Å². The van der Waals surface area contributed by atoms with Gasteiger partial charge in [0.25, 0.3) is 0 Å². The number of nitrogens with zero attached hydrogens (tertiary/aromatic N) is 2. The van der Waals surface area contributed by atoms with Crippen LogP contribution in [-0.2, 0) is 6.54 Å². The minimum atomic E-state index is -0.627. The smallest absolute Gasteiger partial charge is 0.150 e. The van der Waals surface area contributed by atoms with Crippen LogP contribution in [0, 0.1) is 11.6 Å². The van der Waals surface area contributed by atoms with Crippen molar-refractivity contribution in [2.45, 2.75) is 32.9 Å². The van der Waals surface area contributed by atoms with E-state index in [2.05, 4.69) is 40.2 Å². The fraction of sp³-hybridized carbons (Fsp3) is 0.357. The second-order valence-electron chi connectivity index (χ2n) is 4.64. The van der Waals surface area contributed by atoms with Crippen LogP contribution >= 0.6 is 15.9 Å². The van der Waals surface area contributed by atoms with Gasteiger partial charge in [-0.3, -0.25) is 4.68 Å². The number of anilines is 1. The highest BCUT2D eigenvalue weighted by atomic mass is 79.9. The summed E-state index contributed by atoms with van der Waals surface area (Å²) in [4.78, 5) is 0. The largest absolute Gasteiger partial charge is 0.375 e. The number of hydrogen-bond donors (Lipinski definition) is 1. The van der Waals surface area contributed by atoms with Gasteiger partial charge in [0.05, 0.1) is 12.2 Å². The van der Waals surface area contributed by atoms with Gasteiger partial charge < -0.3 is 5.32 Å². The van der Waals surface area contributed by atoms with Gasteiger partial charge in [0.2, 0.25) is 0 Å². The van der Waals surface area contributed by atoms with Crippen molar-refractivity contribution in [2.24, 2.45) is 0 Å². The predicted octanol–water partition coefficient (Wildman–Crippen LogP) is 4.51. The molecule has 0 fully saturated rings. The molecule has 0 spiro atoms. The standard InChI is InChI=1S/C14H16BrF2N3/c1-3-9(2)20-5-4-11(19-20)8-18-14-12(16)6-10(15)7-13(14)17/h4-7,9,18H,3,8H2,1-2H3. The van der Waals surface area contributed by atoms with Crippen molar-refractivity contribution in [3.05, 3.63) is 46.2 Å². The lowest BCUT2D eigenvalue weighted by Crippen LogP contribution is -2.08. The van der Waals surface area contributed by atoms with E-state index < -0.39 is 11.6 Å². The molecule has 108 valence electrons. The quantitative estimate of drug-likeness (QED) is 0.865. The van der Waals surface area contributed by atoms with Gasteiger partial charge in [0.15, 0.2) is 0 Å². The van der Waals surface area contributed by atoms with Crippen LogP contribution in [0.5, 0.6) is 0 Å². The maximum absolute atomic E-state index is 13.6. The molecule has 0 saturated carbocycles. The first-order valence-corrected chi connectivity index (χ1v) is 7.23. The zero-order chi connectivity index (χ0) is 14.7. The Bertz CT molecular complexity index is 575. The first kappa shape index (κ1) is 15.0. The Morgan fingerprint density at radius 1 is 1.35 bits per heavy atom. The SMILES string of the molecule is CCC(C)n1ccc(CNc2c(F)cc(Br)cc2F)n1. The number of benzene rings is 1. The second kappa shape index (κ2) is 6.35. The second-order valence-corrected chi connectivity index (χ2v) is 5.56. The summed E-state index contributed by atoms with van der Waals surface area (Å²) >= 11 is 3.05. The topological polar surface area (TPSA) is 29.9 Å². The van der Waals surface area contributed by atoms with Crippen molar-refractivity contribution < 1.29 is 8.78 Å². The summed E-state index contributed by atoms with van der Waals surface area (Å²) in [6.07, 6.45) is 2.85. The van der Waals surface area contributed by atoms with Crippen molar-refractivity contribution in [3.8, 4) is 0 Å². The van der Waals surface area contributed by atoms with Gasteiger partial charge in [-0.1, -0.05) is 22.9 Å². The number of nitrogens with one attached hydrogen (secondary N) is 1. The van der Waals surface area contributed by atoms with E-state index in [-0.39, 0.29) is 12.2 Å². The normalized spacial score (nSPS) is 12.4. The van der Waals surface area contributed by atoms with Crippen LogP contribution < -0.4 is 5.32 Å². The molecule has 1 aromatic heterocycles. The summed E-state index contributed by atoms with van der Waals surface area (Å²) in [6.45, 7) is 4.42. The molecule has 0 aliphatic heterocycles. The first-order valence-electron chi connectivity index (χ1n) is 6.43. The molecule has 1 N–H and O–H groups in total. The van der Waals surface area contributed by atoms with E-state index in [0.717, 1.165) is 12.1 Å². The first-order chi connectivity index (χ1) is 9.51. The third kappa shape index (κ3) is 3.36. The van der Waals surface area contributed by atoms with Crippen LogP contribution in [-0.4, -0.2) is 9.78 Å². The molecular formula is C14H16BrF2N3. The van der Waals surface area contributed by atoms with E-state index in [1.165, 1.54) is 12.1 Å². The fourth-order valence-corrected chi connectivity index (χ4v) is 2.20. The molecule has 0 radical (unpaired) electrons. The molecule has 0 aliphatic rings. The Labute approximate surface area is 125 Å². The average Bonchev–Trinajstić information content (AvgIpc) is 2.85. The molecule has 1 aromatic carbocycles. The summed E-state index contributed by atoms with van der Waals surface area (Å²) in [5.41, 5.74) is 0.610. The fourth-order valence-electron chi connectivity index (χ4n) is 1.79. The molecule has 6 heteroatoms. The van der Waals surface area contributed by atoms with Gasteiger partial charge >= 0.3 is 0 Å². The molecule has 0 aliphatic carbocycles. The van der Waals surface area contributed by atoms with E-state index in [1.807, 2.05) is 16.9 Å². The Balaban J connectivity index is 2.07. The highest BCUT2D eigenvalue weighted by Crippen LogP contribution is 2.24. The van der Waals surface area contributed by atoms with Gasteiger partial charge in [-0.2, -0.15) is 5.10 Å². The lowest BCUT2D eigenvalue weighted by atomic mass is 10.3. The molecule has 20 heavy (non-hydrogen) atoms. The molecule has 1 heterocycles. The van der Waals surface area contributed by atoms with Gasteiger partial charge in [-0.25, -0.2) is 8.78 Å². The minimum absolute atomic E-state index is 0.133. The Hall–Kier alpha value is -1.43. The van der Waals surface area contributed by atoms with Crippen molar-refractivity contribution in [3.63, 3.8) is 0 Å². The van der Waals surface area contributed by atoms with Gasteiger partial charge in [0, 0.05) is 16.7 Å². The highest BCUT2D eigenvalue weighted by Gasteiger charge is 2.11. The summed E-state index contributed by atoms with van der Waals surface area (Å²) in [5, 5.41) is 7.12. The number of aromatic nitrogens is 2. The molecule has 3 nitrogen and oxygen atoms in total. The number of rotatable bonds is 5. The van der Waals surface area contributed by atoms with Crippen LogP contribution in [0.1, 0.15) is 32.0 Å². The lowest BCUT2D eigenvalue weighted by Gasteiger charge is -2.09. The zero-order valence-corrected chi connectivity index (χ0v) is 12.9. The van der Waals surface area contributed by atoms with Crippen LogP contribution in [0.25, 0.3) is 0 Å². The molecule has 1 atom stereocenters. The molecule has 0 bridgehead atoms. The third-order valence-corrected chi connectivity index (χ3v) is 3.62. The highest BCUT2D eigenvalue weighted by molar-refractivity contribution is 9.10. The monoisotopic (exact) mass is 343 g/mol. The Morgan fingerprint density at radius 2 is 2.00 bits per heavy atom. The zero-order valence-electron chi connectivity index (χ0n) is 11.3. The van der Waals surface area contributed by atoms with E-state index in [1.54, 1.807) is 0 Å². The van der Waals surface area contributed by atoms with E-state index in [4.69, 9.17) is 0 Å². The molecule has 0 saturated heterocycles. The minimum Gasteiger partial charge on any atom is -0.375 e. The Kier molecular flexibility index (Phi) is 4.75. The molecule has 2 rings (SSSR count). The molecule has 0 amide bonds. The van der Waals surface area contributed by atoms with Gasteiger partial charge in [-0.15, -0.1) is 0 Å². The maximum Gasteiger partial charge on any atom is 0.150 e. The predicted molar refractivity (Wildman–Crippen MR) is 78.6 cm³/mol. The van der Waals surface area contributed by atoms with Crippen LogP contribution in [0.2, 0.25) is 0 Å². The average molecular weight is 344 g/mol. The van der Waals surface area contributed by atoms with Crippen molar-refractivity contribution >= 4 is 21.6 Å². The Morgan fingerprint density at radius 3 is 2.60 bits per heavy atom. The van der Waals surface area contributed by atoms with Crippen LogP contribution in [0.15, 0.2) is 28.9 Å². The van der Waals surface area contributed by atoms with Crippen molar-refractivity contribution in [1.82, 2.24) is 9.78 Å². The lowest BCUT2D eigenvalue weighted by molar-refractivity contribution is 0.474. The van der Waals surface area contributed by atoms with Crippen molar-refractivity contribution in [2.75, 3.05) is 5.32 Å². The van der Waals surface area contributed by atoms with E-state index >= 15 is 0 Å². The maximum atomic E-state index is 13.6.